The molecule has 1 fully saturated rings. The number of methoxy groups -OCH3 is 1. The minimum absolute atomic E-state index is 0.173. The zero-order valence-electron chi connectivity index (χ0n) is 16.4. The molecule has 2 aromatic carbocycles. The van der Waals surface area contributed by atoms with Crippen molar-refractivity contribution in [3.8, 4) is 5.75 Å². The maximum atomic E-state index is 12.4. The Morgan fingerprint density at radius 3 is 2.41 bits per heavy atom. The van der Waals surface area contributed by atoms with Crippen molar-refractivity contribution in [1.82, 2.24) is 4.90 Å². The first-order valence-corrected chi connectivity index (χ1v) is 10.7. The molecule has 1 saturated heterocycles. The number of hydrogen-bond acceptors (Lipinski definition) is 5. The highest BCUT2D eigenvalue weighted by molar-refractivity contribution is 8.18. The van der Waals surface area contributed by atoms with Gasteiger partial charge in [0.25, 0.3) is 5.91 Å². The molecule has 2 aromatic rings. The Balaban J connectivity index is 1.39. The summed E-state index contributed by atoms with van der Waals surface area (Å²) in [6.45, 7) is 5.38. The lowest BCUT2D eigenvalue weighted by molar-refractivity contribution is -0.113. The molecule has 0 aromatic heterocycles. The van der Waals surface area contributed by atoms with Crippen LogP contribution < -0.4 is 9.64 Å². The van der Waals surface area contributed by atoms with Crippen molar-refractivity contribution in [3.63, 3.8) is 0 Å². The van der Waals surface area contributed by atoms with Gasteiger partial charge in [-0.25, -0.2) is 0 Å². The molecular weight excluding hydrogens is 406 g/mol. The first-order valence-electron chi connectivity index (χ1n) is 9.46. The van der Waals surface area contributed by atoms with Crippen molar-refractivity contribution in [1.29, 1.82) is 0 Å². The third kappa shape index (κ3) is 4.43. The molecule has 150 valence electrons. The van der Waals surface area contributed by atoms with Gasteiger partial charge in [-0.3, -0.25) is 4.79 Å². The summed E-state index contributed by atoms with van der Waals surface area (Å²) in [5, 5.41) is 1.58. The van der Waals surface area contributed by atoms with Crippen LogP contribution >= 0.6 is 23.4 Å². The van der Waals surface area contributed by atoms with E-state index in [2.05, 4.69) is 26.9 Å². The Bertz CT molecular complexity index is 980. The lowest BCUT2D eigenvalue weighted by Gasteiger charge is -2.36. The number of amidine groups is 1. The minimum atomic E-state index is -0.173. The molecule has 0 bridgehead atoms. The molecule has 0 radical (unpaired) electrons. The molecule has 0 aliphatic carbocycles. The number of aryl methyl sites for hydroxylation is 1. The van der Waals surface area contributed by atoms with E-state index in [-0.39, 0.29) is 5.91 Å². The van der Waals surface area contributed by atoms with Crippen LogP contribution in [0.15, 0.2) is 52.4 Å². The van der Waals surface area contributed by atoms with Crippen LogP contribution in [-0.2, 0) is 4.79 Å². The molecule has 0 atom stereocenters. The second-order valence-corrected chi connectivity index (χ2v) is 8.41. The van der Waals surface area contributed by atoms with Gasteiger partial charge in [0.2, 0.25) is 0 Å². The number of nitrogens with zero attached hydrogens (tertiary/aromatic N) is 3. The van der Waals surface area contributed by atoms with Gasteiger partial charge in [-0.15, -0.1) is 0 Å². The fraction of sp³-hybridized carbons (Fsp3) is 0.273. The fourth-order valence-corrected chi connectivity index (χ4v) is 4.46. The van der Waals surface area contributed by atoms with Gasteiger partial charge in [0.1, 0.15) is 5.75 Å². The average molecular weight is 428 g/mol. The van der Waals surface area contributed by atoms with Crippen LogP contribution in [0.4, 0.5) is 5.69 Å². The molecule has 29 heavy (non-hydrogen) atoms. The van der Waals surface area contributed by atoms with Gasteiger partial charge in [-0.1, -0.05) is 29.8 Å². The number of benzene rings is 2. The summed E-state index contributed by atoms with van der Waals surface area (Å²) in [5.74, 6) is 0.621. The Labute approximate surface area is 180 Å². The number of hydrogen-bond donors (Lipinski definition) is 0. The second-order valence-electron chi connectivity index (χ2n) is 6.99. The Morgan fingerprint density at radius 1 is 1.07 bits per heavy atom. The van der Waals surface area contributed by atoms with Crippen molar-refractivity contribution in [2.75, 3.05) is 38.2 Å². The van der Waals surface area contributed by atoms with E-state index in [9.17, 15) is 4.79 Å². The van der Waals surface area contributed by atoms with Crippen LogP contribution in [0.2, 0.25) is 5.02 Å². The highest BCUT2D eigenvalue weighted by Gasteiger charge is 2.28. The van der Waals surface area contributed by atoms with Gasteiger partial charge in [-0.2, -0.15) is 4.99 Å². The largest absolute Gasteiger partial charge is 0.497 e. The van der Waals surface area contributed by atoms with Crippen LogP contribution in [0, 0.1) is 6.92 Å². The van der Waals surface area contributed by atoms with Crippen LogP contribution in [0.1, 0.15) is 11.1 Å². The summed E-state index contributed by atoms with van der Waals surface area (Å²) in [6.07, 6.45) is 1.88. The standard InChI is InChI=1S/C22H22ClN3O2S/c1-15-3-6-17(14-19(15)23)25-9-11-26(12-10-25)22-24-21(27)20(29-22)13-16-4-7-18(28-2)8-5-16/h3-8,13-14H,9-12H2,1-2H3/b20-13+. The monoisotopic (exact) mass is 427 g/mol. The van der Waals surface area contributed by atoms with Crippen molar-refractivity contribution in [2.24, 2.45) is 4.99 Å². The molecule has 7 heteroatoms. The predicted molar refractivity (Wildman–Crippen MR) is 121 cm³/mol. The fourth-order valence-electron chi connectivity index (χ4n) is 3.32. The molecule has 2 aliphatic rings. The third-order valence-electron chi connectivity index (χ3n) is 5.09. The molecule has 2 aliphatic heterocycles. The van der Waals surface area contributed by atoms with Gasteiger partial charge in [0.15, 0.2) is 5.17 Å². The van der Waals surface area contributed by atoms with Gasteiger partial charge >= 0.3 is 0 Å². The predicted octanol–water partition coefficient (Wildman–Crippen LogP) is 4.45. The summed E-state index contributed by atoms with van der Waals surface area (Å²) in [5.41, 5.74) is 3.18. The molecule has 0 unspecified atom stereocenters. The average Bonchev–Trinajstić information content (AvgIpc) is 3.11. The molecule has 2 heterocycles. The van der Waals surface area contributed by atoms with Crippen LogP contribution in [0.5, 0.6) is 5.75 Å². The maximum absolute atomic E-state index is 12.4. The van der Waals surface area contributed by atoms with E-state index in [0.717, 1.165) is 58.9 Å². The summed E-state index contributed by atoms with van der Waals surface area (Å²) >= 11 is 7.72. The number of thioether (sulfide) groups is 1. The summed E-state index contributed by atoms with van der Waals surface area (Å²) < 4.78 is 5.18. The number of anilines is 1. The second kappa shape index (κ2) is 8.51. The molecule has 0 spiro atoms. The molecule has 1 amide bonds. The van der Waals surface area contributed by atoms with Crippen molar-refractivity contribution in [2.45, 2.75) is 6.92 Å². The summed E-state index contributed by atoms with van der Waals surface area (Å²) in [6, 6.07) is 13.8. The maximum Gasteiger partial charge on any atom is 0.286 e. The van der Waals surface area contributed by atoms with Gasteiger partial charge in [-0.05, 0) is 60.2 Å². The normalized spacial score (nSPS) is 18.4. The van der Waals surface area contributed by atoms with Crippen molar-refractivity contribution in [3.05, 3.63) is 63.5 Å². The zero-order valence-corrected chi connectivity index (χ0v) is 18.0. The number of piperazine rings is 1. The van der Waals surface area contributed by atoms with Gasteiger partial charge in [0, 0.05) is 36.9 Å². The van der Waals surface area contributed by atoms with E-state index in [4.69, 9.17) is 16.3 Å². The first kappa shape index (κ1) is 19.9. The molecule has 0 N–H and O–H groups in total. The van der Waals surface area contributed by atoms with Crippen LogP contribution in [0.25, 0.3) is 6.08 Å². The van der Waals surface area contributed by atoms with E-state index in [1.165, 1.54) is 11.8 Å². The number of aliphatic imine (C=N–C) groups is 1. The molecule has 5 nitrogen and oxygen atoms in total. The Kier molecular flexibility index (Phi) is 5.83. The lowest BCUT2D eigenvalue weighted by atomic mass is 10.2. The van der Waals surface area contributed by atoms with E-state index in [0.29, 0.717) is 4.91 Å². The highest BCUT2D eigenvalue weighted by Crippen LogP contribution is 2.31. The van der Waals surface area contributed by atoms with Crippen LogP contribution in [0.3, 0.4) is 0 Å². The van der Waals surface area contributed by atoms with E-state index < -0.39 is 0 Å². The summed E-state index contributed by atoms with van der Waals surface area (Å²) in [4.78, 5) is 21.8. The third-order valence-corrected chi connectivity index (χ3v) is 6.55. The number of carbonyl (C=O) groups excluding carboxylic acids is 1. The number of carbonyl (C=O) groups is 1. The van der Waals surface area contributed by atoms with Crippen molar-refractivity contribution < 1.29 is 9.53 Å². The quantitative estimate of drug-likeness (QED) is 0.677. The Morgan fingerprint density at radius 2 is 1.76 bits per heavy atom. The first-order chi connectivity index (χ1) is 14.0. The van der Waals surface area contributed by atoms with Crippen LogP contribution in [-0.4, -0.2) is 49.3 Å². The number of amides is 1. The zero-order chi connectivity index (χ0) is 20.4. The van der Waals surface area contributed by atoms with E-state index in [1.807, 2.05) is 43.3 Å². The molecular formula is C22H22ClN3O2S. The minimum Gasteiger partial charge on any atom is -0.497 e. The number of ether oxygens (including phenoxy) is 1. The van der Waals surface area contributed by atoms with Gasteiger partial charge in [0.05, 0.1) is 12.0 Å². The molecule has 4 rings (SSSR count). The summed E-state index contributed by atoms with van der Waals surface area (Å²) in [7, 11) is 1.64. The number of halogens is 1. The van der Waals surface area contributed by atoms with Crippen molar-refractivity contribution >= 4 is 46.2 Å². The van der Waals surface area contributed by atoms with Gasteiger partial charge < -0.3 is 14.5 Å². The topological polar surface area (TPSA) is 45.1 Å². The van der Waals surface area contributed by atoms with E-state index in [1.54, 1.807) is 7.11 Å². The SMILES string of the molecule is COc1ccc(/C=C2/SC(N3CCN(c4ccc(C)c(Cl)c4)CC3)=NC2=O)cc1. The van der Waals surface area contributed by atoms with E-state index >= 15 is 0 Å². The lowest BCUT2D eigenvalue weighted by Crippen LogP contribution is -2.47. The Hall–Kier alpha value is -2.44. The molecule has 0 saturated carbocycles. The smallest absolute Gasteiger partial charge is 0.286 e. The number of rotatable bonds is 3. The highest BCUT2D eigenvalue weighted by atomic mass is 35.5.